The summed E-state index contributed by atoms with van der Waals surface area (Å²) in [5, 5.41) is 10.7. The SMILES string of the molecule is CC/C=C\C/C=C\C/C=C\C/C=C\CCCCCCC(=O)OC(COC(=O)CCCCCCCC/C=C\C/C=C\C/C=C\CCCCC)COP(=O)(O)OCC(O)COP(=O)(O)OCC(COC(=O)CCCC/C=C\C/C=C\C/C=C\C/C=C\CC)OC(=O)CCCCCCC/C=C\C/C=C\C/C=C\CC. The number of allylic oxidation sites excluding steroid dienone is 28. The van der Waals surface area contributed by atoms with E-state index >= 15 is 0 Å². The van der Waals surface area contributed by atoms with Crippen LogP contribution >= 0.6 is 15.6 Å². The molecule has 0 aliphatic rings. The molecule has 602 valence electrons. The second-order valence-electron chi connectivity index (χ2n) is 26.2. The Morgan fingerprint density at radius 3 is 0.774 bits per heavy atom. The first kappa shape index (κ1) is 100. The van der Waals surface area contributed by atoms with E-state index in [-0.39, 0.29) is 25.7 Å². The van der Waals surface area contributed by atoms with Crippen LogP contribution in [-0.4, -0.2) is 96.7 Å². The van der Waals surface area contributed by atoms with Crippen molar-refractivity contribution in [2.24, 2.45) is 0 Å². The van der Waals surface area contributed by atoms with Gasteiger partial charge in [-0.3, -0.25) is 37.3 Å². The third kappa shape index (κ3) is 76.6. The standard InChI is InChI=1S/C87H142O17P2/c1-5-9-13-17-21-25-29-33-37-39-40-42-45-48-52-56-60-64-68-72-85(90)98-78-83(104-87(92)74-70-66-62-58-54-50-46-41-38-34-30-26-22-18-14-10-6-2)80-102-106(95,96)100-76-81(88)75-99-105(93,94)101-79-82(103-86(91)73-69-65-61-57-53-49-44-36-32-28-24-20-16-12-8-4)77-97-84(89)71-67-63-59-55-51-47-43-35-31-27-23-19-15-11-7-3/h10-12,14-16,21-28,33-38,40,42-44,46,50-51,55,81-83,88H,5-9,13,17-20,29-32,39,41,45,47-49,52-54,56-80H2,1-4H3,(H,93,94)(H,95,96)/b14-10-,15-11-,16-12-,25-21-,26-22-,27-23-,28-24-,37-33-,38-34-,42-40-,43-35-,44-36-,50-46-,55-51-. The number of esters is 4. The van der Waals surface area contributed by atoms with Crippen molar-refractivity contribution in [3.05, 3.63) is 170 Å². The minimum atomic E-state index is -5.00. The summed E-state index contributed by atoms with van der Waals surface area (Å²) < 4.78 is 68.6. The summed E-state index contributed by atoms with van der Waals surface area (Å²) in [5.41, 5.74) is 0. The number of ether oxygens (including phenoxy) is 4. The van der Waals surface area contributed by atoms with Gasteiger partial charge >= 0.3 is 39.5 Å². The fourth-order valence-electron chi connectivity index (χ4n) is 10.1. The molecule has 0 amide bonds. The Kier molecular flexibility index (Phi) is 73.5. The molecule has 0 aromatic carbocycles. The number of rotatable bonds is 74. The second-order valence-corrected chi connectivity index (χ2v) is 29.1. The van der Waals surface area contributed by atoms with Crippen LogP contribution in [0.1, 0.15) is 297 Å². The maximum atomic E-state index is 13.1. The second kappa shape index (κ2) is 77.6. The van der Waals surface area contributed by atoms with Crippen molar-refractivity contribution >= 4 is 39.5 Å². The molecule has 5 atom stereocenters. The van der Waals surface area contributed by atoms with Crippen molar-refractivity contribution in [3.8, 4) is 0 Å². The van der Waals surface area contributed by atoms with Crippen LogP contribution in [0.5, 0.6) is 0 Å². The van der Waals surface area contributed by atoms with Crippen LogP contribution in [0.3, 0.4) is 0 Å². The van der Waals surface area contributed by atoms with Crippen LogP contribution in [-0.2, 0) is 65.4 Å². The molecule has 0 aliphatic carbocycles. The lowest BCUT2D eigenvalue weighted by Gasteiger charge is -2.21. The van der Waals surface area contributed by atoms with E-state index in [1.165, 1.54) is 19.3 Å². The summed E-state index contributed by atoms with van der Waals surface area (Å²) in [7, 11) is -10.0. The van der Waals surface area contributed by atoms with Gasteiger partial charge in [0.2, 0.25) is 0 Å². The molecule has 19 heteroatoms. The average molecular weight is 1520 g/mol. The van der Waals surface area contributed by atoms with Gasteiger partial charge in [-0.15, -0.1) is 0 Å². The highest BCUT2D eigenvalue weighted by atomic mass is 31.2. The van der Waals surface area contributed by atoms with Crippen molar-refractivity contribution in [2.75, 3.05) is 39.6 Å². The van der Waals surface area contributed by atoms with Crippen LogP contribution in [0, 0.1) is 0 Å². The molecule has 0 bridgehead atoms. The molecule has 3 N–H and O–H groups in total. The Morgan fingerprint density at radius 1 is 0.274 bits per heavy atom. The zero-order valence-corrected chi connectivity index (χ0v) is 67.6. The number of phosphoric ester groups is 2. The summed E-state index contributed by atoms with van der Waals surface area (Å²) >= 11 is 0. The van der Waals surface area contributed by atoms with Gasteiger partial charge in [-0.25, -0.2) is 9.13 Å². The van der Waals surface area contributed by atoms with Crippen molar-refractivity contribution in [3.63, 3.8) is 0 Å². The normalized spacial score (nSPS) is 14.7. The fraction of sp³-hybridized carbons (Fsp3) is 0.632. The molecule has 0 aromatic rings. The lowest BCUT2D eigenvalue weighted by Crippen LogP contribution is -2.30. The lowest BCUT2D eigenvalue weighted by molar-refractivity contribution is -0.161. The van der Waals surface area contributed by atoms with E-state index in [1.807, 2.05) is 0 Å². The van der Waals surface area contributed by atoms with E-state index in [9.17, 15) is 43.2 Å². The third-order valence-electron chi connectivity index (χ3n) is 16.2. The minimum absolute atomic E-state index is 0.0568. The topological polar surface area (TPSA) is 237 Å². The summed E-state index contributed by atoms with van der Waals surface area (Å²) in [4.78, 5) is 73.1. The van der Waals surface area contributed by atoms with Crippen LogP contribution in [0.2, 0.25) is 0 Å². The van der Waals surface area contributed by atoms with Gasteiger partial charge < -0.3 is 33.8 Å². The van der Waals surface area contributed by atoms with Gasteiger partial charge in [0.25, 0.3) is 0 Å². The first-order valence-corrected chi connectivity index (χ1v) is 43.4. The molecule has 0 radical (unpaired) electrons. The number of hydrogen-bond acceptors (Lipinski definition) is 15. The highest BCUT2D eigenvalue weighted by Crippen LogP contribution is 2.45. The zero-order valence-electron chi connectivity index (χ0n) is 65.8. The van der Waals surface area contributed by atoms with Crippen molar-refractivity contribution in [1.82, 2.24) is 0 Å². The van der Waals surface area contributed by atoms with E-state index in [4.69, 9.17) is 37.0 Å². The maximum absolute atomic E-state index is 13.1. The fourth-order valence-corrected chi connectivity index (χ4v) is 11.7. The van der Waals surface area contributed by atoms with Gasteiger partial charge in [0.15, 0.2) is 12.2 Å². The summed E-state index contributed by atoms with van der Waals surface area (Å²) in [5.74, 6) is -2.29. The Morgan fingerprint density at radius 2 is 0.491 bits per heavy atom. The molecule has 0 heterocycles. The van der Waals surface area contributed by atoms with Gasteiger partial charge in [0, 0.05) is 25.7 Å². The van der Waals surface area contributed by atoms with Crippen molar-refractivity contribution in [1.29, 1.82) is 0 Å². The summed E-state index contributed by atoms with van der Waals surface area (Å²) in [6.45, 7) is 4.39. The van der Waals surface area contributed by atoms with E-state index < -0.39 is 97.5 Å². The highest BCUT2D eigenvalue weighted by molar-refractivity contribution is 7.47. The van der Waals surface area contributed by atoms with Crippen molar-refractivity contribution in [2.45, 2.75) is 316 Å². The predicted molar refractivity (Wildman–Crippen MR) is 436 cm³/mol. The van der Waals surface area contributed by atoms with E-state index in [1.54, 1.807) is 0 Å². The Labute approximate surface area is 642 Å². The largest absolute Gasteiger partial charge is 0.472 e. The number of carbonyl (C=O) groups excluding carboxylic acids is 4. The Balaban J connectivity index is 5.46. The number of aliphatic hydroxyl groups excluding tert-OH is 1. The van der Waals surface area contributed by atoms with Crippen LogP contribution in [0.15, 0.2) is 170 Å². The number of carbonyl (C=O) groups is 4. The Hall–Kier alpha value is -5.58. The number of phosphoric acid groups is 2. The average Bonchev–Trinajstić information content (AvgIpc) is 0.907. The van der Waals surface area contributed by atoms with Gasteiger partial charge in [-0.05, 0) is 173 Å². The molecular weight excluding hydrogens is 1380 g/mol. The molecule has 0 aromatic heterocycles. The van der Waals surface area contributed by atoms with E-state index in [0.29, 0.717) is 25.7 Å². The molecular formula is C87H142O17P2. The Bertz CT molecular complexity index is 2680. The molecule has 0 saturated carbocycles. The maximum Gasteiger partial charge on any atom is 0.472 e. The molecule has 106 heavy (non-hydrogen) atoms. The molecule has 0 aliphatic heterocycles. The molecule has 17 nitrogen and oxygen atoms in total. The third-order valence-corrected chi connectivity index (χ3v) is 18.1. The summed E-state index contributed by atoms with van der Waals surface area (Å²) in [6.07, 6.45) is 91.9. The summed E-state index contributed by atoms with van der Waals surface area (Å²) in [6, 6.07) is 0. The lowest BCUT2D eigenvalue weighted by atomic mass is 10.1. The molecule has 0 spiro atoms. The van der Waals surface area contributed by atoms with Crippen LogP contribution in [0.4, 0.5) is 0 Å². The molecule has 0 rings (SSSR count). The van der Waals surface area contributed by atoms with Gasteiger partial charge in [0.05, 0.1) is 26.4 Å². The number of aliphatic hydroxyl groups is 1. The quantitative estimate of drug-likeness (QED) is 0.0169. The first-order chi connectivity index (χ1) is 51.7. The van der Waals surface area contributed by atoms with E-state index in [0.717, 1.165) is 199 Å². The first-order valence-electron chi connectivity index (χ1n) is 40.4. The smallest absolute Gasteiger partial charge is 0.462 e. The van der Waals surface area contributed by atoms with Crippen molar-refractivity contribution < 1.29 is 80.2 Å². The zero-order chi connectivity index (χ0) is 77.4. The van der Waals surface area contributed by atoms with E-state index in [2.05, 4.69) is 198 Å². The monoisotopic (exact) mass is 1520 g/mol. The van der Waals surface area contributed by atoms with Crippen LogP contribution in [0.25, 0.3) is 0 Å². The number of unbranched alkanes of at least 4 members (excludes halogenated alkanes) is 20. The number of hydrogen-bond donors (Lipinski definition) is 3. The highest BCUT2D eigenvalue weighted by Gasteiger charge is 2.30. The minimum Gasteiger partial charge on any atom is -0.462 e. The van der Waals surface area contributed by atoms with Crippen LogP contribution < -0.4 is 0 Å². The van der Waals surface area contributed by atoms with Gasteiger partial charge in [-0.2, -0.15) is 0 Å². The molecule has 0 saturated heterocycles. The molecule has 0 fully saturated rings. The van der Waals surface area contributed by atoms with Gasteiger partial charge in [-0.1, -0.05) is 268 Å². The molecule has 5 unspecified atom stereocenters. The van der Waals surface area contributed by atoms with Gasteiger partial charge in [0.1, 0.15) is 19.3 Å². The predicted octanol–water partition coefficient (Wildman–Crippen LogP) is 23.8.